The smallest absolute Gasteiger partial charge is 0.284 e. The summed E-state index contributed by atoms with van der Waals surface area (Å²) in [6.07, 6.45) is 0. The Bertz CT molecular complexity index is 559. The van der Waals surface area contributed by atoms with Crippen LogP contribution >= 0.6 is 0 Å². The summed E-state index contributed by atoms with van der Waals surface area (Å²) in [5, 5.41) is 0. The Hall–Kier alpha value is -2.03. The Balaban J connectivity index is 2.56. The summed E-state index contributed by atoms with van der Waals surface area (Å²) in [4.78, 5) is 11.0. The van der Waals surface area contributed by atoms with E-state index < -0.39 is 5.91 Å². The van der Waals surface area contributed by atoms with Gasteiger partial charge < -0.3 is 10.2 Å². The number of nitrogens with two attached hydrogens (primary N) is 1. The lowest BCUT2D eigenvalue weighted by atomic mass is 9.98. The maximum absolute atomic E-state index is 11.0. The van der Waals surface area contributed by atoms with Gasteiger partial charge in [0, 0.05) is 5.56 Å². The van der Waals surface area contributed by atoms with E-state index >= 15 is 0 Å². The van der Waals surface area contributed by atoms with Gasteiger partial charge in [-0.1, -0.05) is 17.7 Å². The summed E-state index contributed by atoms with van der Waals surface area (Å²) < 4.78 is 5.46. The third-order valence-electron chi connectivity index (χ3n) is 2.77. The van der Waals surface area contributed by atoms with Gasteiger partial charge in [-0.3, -0.25) is 4.79 Å². The first-order valence-electron chi connectivity index (χ1n) is 5.47. The quantitative estimate of drug-likeness (QED) is 0.860. The molecule has 3 nitrogen and oxygen atoms in total. The number of primary amides is 1. The van der Waals surface area contributed by atoms with E-state index in [0.717, 1.165) is 16.7 Å². The molecule has 1 amide bonds. The van der Waals surface area contributed by atoms with Crippen LogP contribution in [0.1, 0.15) is 27.2 Å². The molecule has 0 fully saturated rings. The van der Waals surface area contributed by atoms with Crippen LogP contribution in [0.4, 0.5) is 0 Å². The Morgan fingerprint density at radius 2 is 1.71 bits per heavy atom. The molecular formula is C14H15NO2. The number of carbonyl (C=O) groups is 1. The molecule has 0 saturated carbocycles. The van der Waals surface area contributed by atoms with Crippen molar-refractivity contribution in [1.29, 1.82) is 0 Å². The van der Waals surface area contributed by atoms with Gasteiger partial charge in [0.25, 0.3) is 5.91 Å². The minimum absolute atomic E-state index is 0.194. The molecule has 1 aromatic carbocycles. The number of hydrogen-bond acceptors (Lipinski definition) is 2. The second kappa shape index (κ2) is 4.09. The Kier molecular flexibility index (Phi) is 2.76. The lowest BCUT2D eigenvalue weighted by Crippen LogP contribution is -2.09. The molecule has 0 bridgehead atoms. The summed E-state index contributed by atoms with van der Waals surface area (Å²) in [5.74, 6) is 0.340. The molecule has 0 spiro atoms. The molecule has 3 heteroatoms. The second-order valence-electron chi connectivity index (χ2n) is 4.30. The van der Waals surface area contributed by atoms with E-state index in [1.54, 1.807) is 12.1 Å². The molecule has 0 aliphatic carbocycles. The van der Waals surface area contributed by atoms with Gasteiger partial charge in [0.2, 0.25) is 0 Å². The Labute approximate surface area is 100 Å². The molecule has 0 atom stereocenters. The van der Waals surface area contributed by atoms with Gasteiger partial charge in [-0.2, -0.15) is 0 Å². The van der Waals surface area contributed by atoms with Crippen LogP contribution in [-0.2, 0) is 0 Å². The highest BCUT2D eigenvalue weighted by molar-refractivity contribution is 5.90. The van der Waals surface area contributed by atoms with Crippen LogP contribution in [0.5, 0.6) is 0 Å². The average molecular weight is 229 g/mol. The highest BCUT2D eigenvalue weighted by atomic mass is 16.3. The molecule has 2 N–H and O–H groups in total. The number of carbonyl (C=O) groups excluding carboxylic acids is 1. The molecule has 0 unspecified atom stereocenters. The average Bonchev–Trinajstić information content (AvgIpc) is 2.65. The van der Waals surface area contributed by atoms with E-state index in [2.05, 4.69) is 19.1 Å². The molecule has 2 aromatic rings. The highest BCUT2D eigenvalue weighted by Crippen LogP contribution is 2.29. The summed E-state index contributed by atoms with van der Waals surface area (Å²) in [6, 6.07) is 7.57. The lowest BCUT2D eigenvalue weighted by molar-refractivity contribution is 0.0974. The molecule has 0 aliphatic heterocycles. The number of furan rings is 1. The number of amides is 1. The van der Waals surface area contributed by atoms with Gasteiger partial charge in [0.05, 0.1) is 0 Å². The van der Waals surface area contributed by atoms with E-state index in [0.29, 0.717) is 5.76 Å². The third-order valence-corrected chi connectivity index (χ3v) is 2.77. The summed E-state index contributed by atoms with van der Waals surface area (Å²) in [6.45, 7) is 6.12. The first-order chi connectivity index (χ1) is 7.99. The fourth-order valence-electron chi connectivity index (χ4n) is 2.17. The van der Waals surface area contributed by atoms with Crippen LogP contribution in [0.3, 0.4) is 0 Å². The molecule has 17 heavy (non-hydrogen) atoms. The second-order valence-corrected chi connectivity index (χ2v) is 4.30. The van der Waals surface area contributed by atoms with E-state index in [4.69, 9.17) is 10.2 Å². The molecule has 88 valence electrons. The van der Waals surface area contributed by atoms with Crippen LogP contribution in [0, 0.1) is 20.8 Å². The molecule has 2 rings (SSSR count). The van der Waals surface area contributed by atoms with E-state index in [-0.39, 0.29) is 5.76 Å². The summed E-state index contributed by atoms with van der Waals surface area (Å²) in [5.41, 5.74) is 9.68. The van der Waals surface area contributed by atoms with Crippen molar-refractivity contribution in [2.24, 2.45) is 5.73 Å². The standard InChI is InChI=1S/C14H15NO2/c1-8-6-9(2)13(10(3)7-8)11-4-5-12(17-11)14(15)16/h4-7H,1-3H3,(H2,15,16). The van der Waals surface area contributed by atoms with Gasteiger partial charge in [0.1, 0.15) is 5.76 Å². The zero-order valence-corrected chi connectivity index (χ0v) is 10.2. The van der Waals surface area contributed by atoms with Crippen molar-refractivity contribution in [3.63, 3.8) is 0 Å². The summed E-state index contributed by atoms with van der Waals surface area (Å²) in [7, 11) is 0. The number of rotatable bonds is 2. The topological polar surface area (TPSA) is 56.2 Å². The Morgan fingerprint density at radius 1 is 1.12 bits per heavy atom. The van der Waals surface area contributed by atoms with Crippen LogP contribution in [-0.4, -0.2) is 5.91 Å². The van der Waals surface area contributed by atoms with E-state index in [1.165, 1.54) is 5.56 Å². The molecule has 1 heterocycles. The number of aryl methyl sites for hydroxylation is 3. The minimum Gasteiger partial charge on any atom is -0.451 e. The highest BCUT2D eigenvalue weighted by Gasteiger charge is 2.12. The first-order valence-corrected chi connectivity index (χ1v) is 5.47. The normalized spacial score (nSPS) is 10.5. The summed E-state index contributed by atoms with van der Waals surface area (Å²) >= 11 is 0. The monoisotopic (exact) mass is 229 g/mol. The van der Waals surface area contributed by atoms with Crippen LogP contribution < -0.4 is 5.73 Å². The molecule has 0 radical (unpaired) electrons. The zero-order chi connectivity index (χ0) is 12.6. The van der Waals surface area contributed by atoms with Gasteiger partial charge in [-0.05, 0) is 44.0 Å². The van der Waals surface area contributed by atoms with Crippen molar-refractivity contribution in [2.75, 3.05) is 0 Å². The number of hydrogen-bond donors (Lipinski definition) is 1. The third kappa shape index (κ3) is 2.09. The predicted molar refractivity (Wildman–Crippen MR) is 66.9 cm³/mol. The predicted octanol–water partition coefficient (Wildman–Crippen LogP) is 2.97. The van der Waals surface area contributed by atoms with Crippen LogP contribution in [0.15, 0.2) is 28.7 Å². The van der Waals surface area contributed by atoms with Crippen LogP contribution in [0.2, 0.25) is 0 Å². The molecule has 1 aromatic heterocycles. The van der Waals surface area contributed by atoms with Gasteiger partial charge >= 0.3 is 0 Å². The van der Waals surface area contributed by atoms with Crippen LogP contribution in [0.25, 0.3) is 11.3 Å². The fraction of sp³-hybridized carbons (Fsp3) is 0.214. The van der Waals surface area contributed by atoms with Gasteiger partial charge in [0.15, 0.2) is 5.76 Å². The van der Waals surface area contributed by atoms with Crippen molar-refractivity contribution >= 4 is 5.91 Å². The van der Waals surface area contributed by atoms with Crippen molar-refractivity contribution in [3.05, 3.63) is 46.7 Å². The van der Waals surface area contributed by atoms with E-state index in [1.807, 2.05) is 13.8 Å². The Morgan fingerprint density at radius 3 is 2.18 bits per heavy atom. The van der Waals surface area contributed by atoms with Gasteiger partial charge in [-0.25, -0.2) is 0 Å². The SMILES string of the molecule is Cc1cc(C)c(-c2ccc(C(N)=O)o2)c(C)c1. The molecular weight excluding hydrogens is 214 g/mol. The molecule has 0 aliphatic rings. The fourth-order valence-corrected chi connectivity index (χ4v) is 2.17. The first kappa shape index (κ1) is 11.5. The maximum atomic E-state index is 11.0. The zero-order valence-electron chi connectivity index (χ0n) is 10.2. The minimum atomic E-state index is -0.543. The van der Waals surface area contributed by atoms with Crippen molar-refractivity contribution in [2.45, 2.75) is 20.8 Å². The van der Waals surface area contributed by atoms with Gasteiger partial charge in [-0.15, -0.1) is 0 Å². The van der Waals surface area contributed by atoms with Crippen molar-refractivity contribution in [3.8, 4) is 11.3 Å². The molecule has 0 saturated heterocycles. The maximum Gasteiger partial charge on any atom is 0.284 e. The largest absolute Gasteiger partial charge is 0.451 e. The van der Waals surface area contributed by atoms with Crippen molar-refractivity contribution < 1.29 is 9.21 Å². The number of benzene rings is 1. The lowest BCUT2D eigenvalue weighted by Gasteiger charge is -2.08. The van der Waals surface area contributed by atoms with E-state index in [9.17, 15) is 4.79 Å². The van der Waals surface area contributed by atoms with Crippen molar-refractivity contribution in [1.82, 2.24) is 0 Å².